The Balaban J connectivity index is 2.41. The molecule has 1 aromatic carbocycles. The highest BCUT2D eigenvalue weighted by Gasteiger charge is 1.96. The van der Waals surface area contributed by atoms with Crippen molar-refractivity contribution in [2.24, 2.45) is 5.90 Å². The molecule has 0 amide bonds. The van der Waals surface area contributed by atoms with Gasteiger partial charge in [-0.25, -0.2) is 5.90 Å². The number of nitrogens with zero attached hydrogens (tertiary/aromatic N) is 1. The molecule has 0 unspecified atom stereocenters. The van der Waals surface area contributed by atoms with Gasteiger partial charge in [-0.3, -0.25) is 0 Å². The predicted octanol–water partition coefficient (Wildman–Crippen LogP) is 1.22. The van der Waals surface area contributed by atoms with Gasteiger partial charge in [0.05, 0.1) is 6.61 Å². The summed E-state index contributed by atoms with van der Waals surface area (Å²) >= 11 is 0. The Kier molecular flexibility index (Phi) is 5.32. The lowest BCUT2D eigenvalue weighted by Gasteiger charge is -2.09. The van der Waals surface area contributed by atoms with Gasteiger partial charge in [0, 0.05) is 6.54 Å². The van der Waals surface area contributed by atoms with E-state index >= 15 is 0 Å². The maximum Gasteiger partial charge on any atom is 0.0719 e. The Labute approximate surface area is 91.8 Å². The fourth-order valence-corrected chi connectivity index (χ4v) is 1.40. The van der Waals surface area contributed by atoms with Crippen molar-refractivity contribution in [3.63, 3.8) is 0 Å². The van der Waals surface area contributed by atoms with Crippen LogP contribution in [-0.2, 0) is 17.7 Å². The minimum atomic E-state index is 0.580. The van der Waals surface area contributed by atoms with Crippen LogP contribution in [0.5, 0.6) is 0 Å². The topological polar surface area (TPSA) is 38.5 Å². The highest BCUT2D eigenvalue weighted by Crippen LogP contribution is 2.06. The van der Waals surface area contributed by atoms with Crippen LogP contribution in [0, 0.1) is 0 Å². The third kappa shape index (κ3) is 4.93. The van der Waals surface area contributed by atoms with Gasteiger partial charge < -0.3 is 9.74 Å². The lowest BCUT2D eigenvalue weighted by molar-refractivity contribution is 0.141. The molecule has 0 saturated carbocycles. The lowest BCUT2D eigenvalue weighted by atomic mass is 10.1. The summed E-state index contributed by atoms with van der Waals surface area (Å²) in [7, 11) is 4.18. The van der Waals surface area contributed by atoms with Gasteiger partial charge in [-0.2, -0.15) is 0 Å². The van der Waals surface area contributed by atoms with E-state index in [0.717, 1.165) is 19.4 Å². The molecule has 3 nitrogen and oxygen atoms in total. The number of benzene rings is 1. The Morgan fingerprint density at radius 2 is 1.60 bits per heavy atom. The molecule has 0 aromatic heterocycles. The summed E-state index contributed by atoms with van der Waals surface area (Å²) in [4.78, 5) is 6.74. The molecule has 0 saturated heterocycles. The molecule has 1 rings (SSSR count). The highest BCUT2D eigenvalue weighted by molar-refractivity contribution is 5.22. The average Bonchev–Trinajstić information content (AvgIpc) is 2.25. The smallest absolute Gasteiger partial charge is 0.0719 e. The summed E-state index contributed by atoms with van der Waals surface area (Å²) < 4.78 is 0. The van der Waals surface area contributed by atoms with E-state index in [0.29, 0.717) is 6.61 Å². The maximum atomic E-state index is 4.98. The molecule has 0 aliphatic rings. The fraction of sp³-hybridized carbons (Fsp3) is 0.500. The van der Waals surface area contributed by atoms with Gasteiger partial charge in [0.25, 0.3) is 0 Å². The van der Waals surface area contributed by atoms with Crippen molar-refractivity contribution in [1.82, 2.24) is 4.90 Å². The molecule has 3 heteroatoms. The zero-order chi connectivity index (χ0) is 11.1. The van der Waals surface area contributed by atoms with Crippen LogP contribution in [-0.4, -0.2) is 32.1 Å². The first-order chi connectivity index (χ1) is 7.22. The molecule has 2 N–H and O–H groups in total. The SMILES string of the molecule is CN(C)CCc1ccc(CCON)cc1. The van der Waals surface area contributed by atoms with Crippen LogP contribution in [0.3, 0.4) is 0 Å². The minimum Gasteiger partial charge on any atom is -0.309 e. The second-order valence-corrected chi connectivity index (χ2v) is 3.99. The van der Waals surface area contributed by atoms with Gasteiger partial charge >= 0.3 is 0 Å². The molecular formula is C12H20N2O. The van der Waals surface area contributed by atoms with Crippen molar-refractivity contribution in [1.29, 1.82) is 0 Å². The predicted molar refractivity (Wildman–Crippen MR) is 62.5 cm³/mol. The van der Waals surface area contributed by atoms with Gasteiger partial charge in [-0.05, 0) is 38.1 Å². The molecule has 0 atom stereocenters. The molecule has 0 aliphatic carbocycles. The molecule has 0 radical (unpaired) electrons. The van der Waals surface area contributed by atoms with Crippen molar-refractivity contribution in [3.8, 4) is 0 Å². The van der Waals surface area contributed by atoms with Crippen molar-refractivity contribution < 1.29 is 4.84 Å². The van der Waals surface area contributed by atoms with E-state index in [1.807, 2.05) is 0 Å². The monoisotopic (exact) mass is 208 g/mol. The Morgan fingerprint density at radius 1 is 1.07 bits per heavy atom. The summed E-state index contributed by atoms with van der Waals surface area (Å²) in [5, 5.41) is 0. The van der Waals surface area contributed by atoms with Gasteiger partial charge in [0.15, 0.2) is 0 Å². The number of rotatable bonds is 6. The second kappa shape index (κ2) is 6.56. The van der Waals surface area contributed by atoms with Crippen LogP contribution in [0.15, 0.2) is 24.3 Å². The lowest BCUT2D eigenvalue weighted by Crippen LogP contribution is -2.15. The van der Waals surface area contributed by atoms with Crippen LogP contribution < -0.4 is 5.90 Å². The molecule has 1 aromatic rings. The van der Waals surface area contributed by atoms with Crippen molar-refractivity contribution in [2.45, 2.75) is 12.8 Å². The number of nitrogens with two attached hydrogens (primary N) is 1. The molecule has 0 fully saturated rings. The van der Waals surface area contributed by atoms with E-state index in [4.69, 9.17) is 5.90 Å². The third-order valence-electron chi connectivity index (χ3n) is 2.38. The largest absolute Gasteiger partial charge is 0.309 e. The number of hydrogen-bond acceptors (Lipinski definition) is 3. The standard InChI is InChI=1S/C12H20N2O/c1-14(2)9-7-11-3-5-12(6-4-11)8-10-15-13/h3-6H,7-10,13H2,1-2H3. The van der Waals surface area contributed by atoms with Gasteiger partial charge in [0.2, 0.25) is 0 Å². The van der Waals surface area contributed by atoms with Gasteiger partial charge in [0.1, 0.15) is 0 Å². The molecule has 0 heterocycles. The van der Waals surface area contributed by atoms with Crippen LogP contribution in [0.2, 0.25) is 0 Å². The molecule has 0 spiro atoms. The minimum absolute atomic E-state index is 0.580. The molecule has 0 bridgehead atoms. The molecule has 15 heavy (non-hydrogen) atoms. The summed E-state index contributed by atoms with van der Waals surface area (Å²) in [6.45, 7) is 1.67. The van der Waals surface area contributed by atoms with E-state index in [-0.39, 0.29) is 0 Å². The molecule has 84 valence electrons. The van der Waals surface area contributed by atoms with Gasteiger partial charge in [-0.15, -0.1) is 0 Å². The normalized spacial score (nSPS) is 10.9. The van der Waals surface area contributed by atoms with E-state index in [1.165, 1.54) is 11.1 Å². The first-order valence-electron chi connectivity index (χ1n) is 5.26. The number of hydrogen-bond donors (Lipinski definition) is 1. The molecule has 0 aliphatic heterocycles. The summed E-state index contributed by atoms with van der Waals surface area (Å²) in [6, 6.07) is 8.64. The second-order valence-electron chi connectivity index (χ2n) is 3.99. The zero-order valence-electron chi connectivity index (χ0n) is 9.57. The van der Waals surface area contributed by atoms with Gasteiger partial charge in [-0.1, -0.05) is 24.3 Å². The first-order valence-corrected chi connectivity index (χ1v) is 5.26. The fourth-order valence-electron chi connectivity index (χ4n) is 1.40. The van der Waals surface area contributed by atoms with E-state index in [9.17, 15) is 0 Å². The van der Waals surface area contributed by atoms with Crippen LogP contribution in [0.1, 0.15) is 11.1 Å². The van der Waals surface area contributed by atoms with E-state index in [1.54, 1.807) is 0 Å². The average molecular weight is 208 g/mol. The third-order valence-corrected chi connectivity index (χ3v) is 2.38. The number of likely N-dealkylation sites (N-methyl/N-ethyl adjacent to an activating group) is 1. The Morgan fingerprint density at radius 3 is 2.07 bits per heavy atom. The molecular weight excluding hydrogens is 188 g/mol. The maximum absolute atomic E-state index is 4.98. The summed E-state index contributed by atoms with van der Waals surface area (Å²) in [5.74, 6) is 4.98. The summed E-state index contributed by atoms with van der Waals surface area (Å²) in [5.41, 5.74) is 2.65. The highest BCUT2D eigenvalue weighted by atomic mass is 16.6. The van der Waals surface area contributed by atoms with Crippen molar-refractivity contribution in [3.05, 3.63) is 35.4 Å². The Bertz CT molecular complexity index is 269. The van der Waals surface area contributed by atoms with E-state index in [2.05, 4.69) is 48.1 Å². The van der Waals surface area contributed by atoms with Crippen LogP contribution >= 0.6 is 0 Å². The van der Waals surface area contributed by atoms with Crippen LogP contribution in [0.4, 0.5) is 0 Å². The first kappa shape index (κ1) is 12.2. The zero-order valence-corrected chi connectivity index (χ0v) is 9.57. The van der Waals surface area contributed by atoms with Crippen molar-refractivity contribution in [2.75, 3.05) is 27.2 Å². The van der Waals surface area contributed by atoms with Crippen molar-refractivity contribution >= 4 is 0 Å². The van der Waals surface area contributed by atoms with E-state index < -0.39 is 0 Å². The van der Waals surface area contributed by atoms with Crippen LogP contribution in [0.25, 0.3) is 0 Å². The Hall–Kier alpha value is -0.900. The quantitative estimate of drug-likeness (QED) is 0.714. The summed E-state index contributed by atoms with van der Waals surface area (Å²) in [6.07, 6.45) is 1.98.